The number of benzene rings is 1. The van der Waals surface area contributed by atoms with Crippen LogP contribution in [0.2, 0.25) is 0 Å². The molecule has 0 saturated heterocycles. The van der Waals surface area contributed by atoms with Crippen molar-refractivity contribution in [1.29, 1.82) is 0 Å². The second-order valence-electron chi connectivity index (χ2n) is 6.92. The third kappa shape index (κ3) is 6.76. The lowest BCUT2D eigenvalue weighted by atomic mass is 9.87. The molecule has 1 aliphatic carbocycles. The number of aliphatic hydroxyl groups is 1. The molecule has 1 amide bonds. The van der Waals surface area contributed by atoms with Gasteiger partial charge in [-0.3, -0.25) is 4.79 Å². The van der Waals surface area contributed by atoms with Crippen LogP contribution in [0.1, 0.15) is 75.3 Å². The Morgan fingerprint density at radius 2 is 1.83 bits per heavy atom. The first kappa shape index (κ1) is 18.5. The summed E-state index contributed by atoms with van der Waals surface area (Å²) in [4.78, 5) is 10.8. The molecule has 1 aromatic carbocycles. The van der Waals surface area contributed by atoms with Crippen LogP contribution in [0.15, 0.2) is 24.3 Å². The Morgan fingerprint density at radius 1 is 1.12 bits per heavy atom. The maximum Gasteiger partial charge on any atom is 0.217 e. The predicted octanol–water partition coefficient (Wildman–Crippen LogP) is 3.71. The lowest BCUT2D eigenvalue weighted by molar-refractivity contribution is -0.118. The van der Waals surface area contributed by atoms with Crippen molar-refractivity contribution in [2.24, 2.45) is 5.73 Å². The molecular weight excluding hydrogens is 298 g/mol. The number of hydrogen-bond donors (Lipinski definition) is 2. The zero-order valence-electron chi connectivity index (χ0n) is 14.5. The fraction of sp³-hybridized carbons (Fsp3) is 0.571. The standard InChI is InChI=1S/C21H29NO2/c22-20(23)12-5-4-9-18-10-8-11-19(17-18)13-16-21(24)14-6-2-1-3-7-15-21/h8,10-11,17,24H,1-7,9,12,14-15H2,(H2,22,23). The highest BCUT2D eigenvalue weighted by atomic mass is 16.3. The number of rotatable bonds is 5. The number of amides is 1. The second-order valence-corrected chi connectivity index (χ2v) is 6.92. The summed E-state index contributed by atoms with van der Waals surface area (Å²) in [6, 6.07) is 8.17. The van der Waals surface area contributed by atoms with Gasteiger partial charge in [-0.05, 0) is 62.6 Å². The average Bonchev–Trinajstić information content (AvgIpc) is 2.54. The Morgan fingerprint density at radius 3 is 2.54 bits per heavy atom. The van der Waals surface area contributed by atoms with Crippen molar-refractivity contribution < 1.29 is 9.90 Å². The van der Waals surface area contributed by atoms with E-state index in [1.807, 2.05) is 12.1 Å². The van der Waals surface area contributed by atoms with Crippen LogP contribution < -0.4 is 5.73 Å². The molecule has 130 valence electrons. The van der Waals surface area contributed by atoms with E-state index in [9.17, 15) is 9.90 Å². The maximum atomic E-state index is 10.8. The maximum absolute atomic E-state index is 10.8. The van der Waals surface area contributed by atoms with Gasteiger partial charge in [0.1, 0.15) is 5.60 Å². The Labute approximate surface area is 145 Å². The highest BCUT2D eigenvalue weighted by Gasteiger charge is 2.24. The SMILES string of the molecule is NC(=O)CCCCc1cccc(C#CC2(O)CCCCCCC2)c1. The van der Waals surface area contributed by atoms with E-state index >= 15 is 0 Å². The summed E-state index contributed by atoms with van der Waals surface area (Å²) < 4.78 is 0. The minimum Gasteiger partial charge on any atom is -0.378 e. The molecule has 0 aromatic heterocycles. The highest BCUT2D eigenvalue weighted by molar-refractivity contribution is 5.73. The van der Waals surface area contributed by atoms with E-state index < -0.39 is 5.60 Å². The number of carbonyl (C=O) groups excluding carboxylic acids is 1. The Hall–Kier alpha value is -1.79. The summed E-state index contributed by atoms with van der Waals surface area (Å²) in [6.07, 6.45) is 10.5. The van der Waals surface area contributed by atoms with Crippen LogP contribution in [0.25, 0.3) is 0 Å². The van der Waals surface area contributed by atoms with Crippen LogP contribution in [-0.4, -0.2) is 16.6 Å². The summed E-state index contributed by atoms with van der Waals surface area (Å²) in [7, 11) is 0. The number of nitrogens with two attached hydrogens (primary N) is 1. The molecule has 3 nitrogen and oxygen atoms in total. The van der Waals surface area contributed by atoms with Crippen LogP contribution in [0.5, 0.6) is 0 Å². The van der Waals surface area contributed by atoms with Crippen molar-refractivity contribution in [1.82, 2.24) is 0 Å². The van der Waals surface area contributed by atoms with E-state index in [1.165, 1.54) is 24.8 Å². The van der Waals surface area contributed by atoms with Crippen molar-refractivity contribution in [3.63, 3.8) is 0 Å². The highest BCUT2D eigenvalue weighted by Crippen LogP contribution is 2.25. The first-order valence-corrected chi connectivity index (χ1v) is 9.20. The largest absolute Gasteiger partial charge is 0.378 e. The summed E-state index contributed by atoms with van der Waals surface area (Å²) in [6.45, 7) is 0. The number of hydrogen-bond acceptors (Lipinski definition) is 2. The van der Waals surface area contributed by atoms with E-state index in [-0.39, 0.29) is 5.91 Å². The van der Waals surface area contributed by atoms with Crippen LogP contribution in [0, 0.1) is 11.8 Å². The van der Waals surface area contributed by atoms with Gasteiger partial charge < -0.3 is 10.8 Å². The van der Waals surface area contributed by atoms with Gasteiger partial charge in [0.25, 0.3) is 0 Å². The zero-order chi connectivity index (χ0) is 17.3. The molecule has 24 heavy (non-hydrogen) atoms. The first-order valence-electron chi connectivity index (χ1n) is 9.20. The summed E-state index contributed by atoms with van der Waals surface area (Å²) in [5, 5.41) is 10.7. The molecule has 0 unspecified atom stereocenters. The molecule has 1 aliphatic rings. The Kier molecular flexibility index (Phi) is 7.34. The normalized spacial score (nSPS) is 17.2. The number of primary amides is 1. The van der Waals surface area contributed by atoms with E-state index in [1.54, 1.807) is 0 Å². The van der Waals surface area contributed by atoms with Crippen LogP contribution in [-0.2, 0) is 11.2 Å². The van der Waals surface area contributed by atoms with Gasteiger partial charge in [-0.25, -0.2) is 0 Å². The van der Waals surface area contributed by atoms with Crippen molar-refractivity contribution in [2.75, 3.05) is 0 Å². The lowest BCUT2D eigenvalue weighted by Gasteiger charge is -2.24. The summed E-state index contributed by atoms with van der Waals surface area (Å²) in [5.41, 5.74) is 6.51. The molecule has 1 fully saturated rings. The monoisotopic (exact) mass is 327 g/mol. The number of aryl methyl sites for hydroxylation is 1. The zero-order valence-corrected chi connectivity index (χ0v) is 14.5. The third-order valence-corrected chi connectivity index (χ3v) is 4.69. The summed E-state index contributed by atoms with van der Waals surface area (Å²) in [5.74, 6) is 6.08. The molecule has 3 N–H and O–H groups in total. The van der Waals surface area contributed by atoms with Gasteiger partial charge in [0.15, 0.2) is 0 Å². The van der Waals surface area contributed by atoms with Gasteiger partial charge in [-0.2, -0.15) is 0 Å². The second kappa shape index (κ2) is 9.49. The minimum absolute atomic E-state index is 0.234. The molecule has 0 bridgehead atoms. The number of unbranched alkanes of at least 4 members (excludes halogenated alkanes) is 1. The molecule has 0 aliphatic heterocycles. The van der Waals surface area contributed by atoms with E-state index in [0.29, 0.717) is 6.42 Å². The molecule has 1 aromatic rings. The van der Waals surface area contributed by atoms with Gasteiger partial charge in [-0.1, -0.05) is 43.2 Å². The average molecular weight is 327 g/mol. The van der Waals surface area contributed by atoms with Crippen LogP contribution in [0.4, 0.5) is 0 Å². The topological polar surface area (TPSA) is 63.3 Å². The van der Waals surface area contributed by atoms with Crippen molar-refractivity contribution in [3.05, 3.63) is 35.4 Å². The molecule has 0 radical (unpaired) electrons. The van der Waals surface area contributed by atoms with Gasteiger partial charge in [0, 0.05) is 12.0 Å². The third-order valence-electron chi connectivity index (χ3n) is 4.69. The molecule has 0 heterocycles. The Bertz CT molecular complexity index is 589. The van der Waals surface area contributed by atoms with Crippen molar-refractivity contribution in [2.45, 2.75) is 76.2 Å². The van der Waals surface area contributed by atoms with Crippen LogP contribution in [0.3, 0.4) is 0 Å². The molecule has 2 rings (SSSR count). The smallest absolute Gasteiger partial charge is 0.217 e. The van der Waals surface area contributed by atoms with Gasteiger partial charge in [-0.15, -0.1) is 0 Å². The molecular formula is C21H29NO2. The van der Waals surface area contributed by atoms with E-state index in [4.69, 9.17) is 5.73 Å². The van der Waals surface area contributed by atoms with Gasteiger partial charge in [0.05, 0.1) is 0 Å². The van der Waals surface area contributed by atoms with Gasteiger partial charge >= 0.3 is 0 Å². The minimum atomic E-state index is -0.822. The van der Waals surface area contributed by atoms with Crippen molar-refractivity contribution in [3.8, 4) is 11.8 Å². The molecule has 3 heteroatoms. The lowest BCUT2D eigenvalue weighted by Crippen LogP contribution is -2.27. The first-order chi connectivity index (χ1) is 11.6. The van der Waals surface area contributed by atoms with Crippen molar-refractivity contribution >= 4 is 5.91 Å². The number of carbonyl (C=O) groups is 1. The van der Waals surface area contributed by atoms with E-state index in [0.717, 1.165) is 50.5 Å². The quantitative estimate of drug-likeness (QED) is 0.639. The van der Waals surface area contributed by atoms with Gasteiger partial charge in [0.2, 0.25) is 5.91 Å². The predicted molar refractivity (Wildman–Crippen MR) is 97.3 cm³/mol. The van der Waals surface area contributed by atoms with E-state index in [2.05, 4.69) is 24.0 Å². The molecule has 0 spiro atoms. The molecule has 0 atom stereocenters. The fourth-order valence-corrected chi connectivity index (χ4v) is 3.24. The Balaban J connectivity index is 1.94. The van der Waals surface area contributed by atoms with Crippen LogP contribution >= 0.6 is 0 Å². The summed E-state index contributed by atoms with van der Waals surface area (Å²) >= 11 is 0. The molecule has 1 saturated carbocycles. The fourth-order valence-electron chi connectivity index (χ4n) is 3.24.